The second kappa shape index (κ2) is 6.11. The molecular formula is C18H20N4O2. The molecule has 6 heteroatoms. The first kappa shape index (κ1) is 14.9. The van der Waals surface area contributed by atoms with Crippen molar-refractivity contribution in [2.75, 3.05) is 26.2 Å². The van der Waals surface area contributed by atoms with E-state index < -0.39 is 0 Å². The summed E-state index contributed by atoms with van der Waals surface area (Å²) < 4.78 is 0. The van der Waals surface area contributed by atoms with Gasteiger partial charge in [0.05, 0.1) is 17.1 Å². The summed E-state index contributed by atoms with van der Waals surface area (Å²) in [6.45, 7) is 2.76. The number of nitrogens with zero attached hydrogens (tertiary/aromatic N) is 3. The minimum absolute atomic E-state index is 0.0105. The van der Waals surface area contributed by atoms with Crippen molar-refractivity contribution in [1.82, 2.24) is 20.1 Å². The highest BCUT2D eigenvalue weighted by molar-refractivity contribution is 6.06. The highest BCUT2D eigenvalue weighted by Gasteiger charge is 2.33. The molecule has 1 aromatic carbocycles. The minimum atomic E-state index is -0.0105. The Hall–Kier alpha value is -2.63. The fraction of sp³-hybridized carbons (Fsp3) is 0.389. The number of likely N-dealkylation sites (tertiary alicyclic amines) is 1. The molecule has 2 aromatic rings. The Kier molecular flexibility index (Phi) is 3.80. The van der Waals surface area contributed by atoms with E-state index in [4.69, 9.17) is 0 Å². The number of rotatable bonds is 2. The zero-order valence-corrected chi connectivity index (χ0v) is 13.4. The Balaban J connectivity index is 1.58. The number of carbonyl (C=O) groups is 2. The van der Waals surface area contributed by atoms with E-state index in [2.05, 4.69) is 10.3 Å². The number of para-hydroxylation sites is 1. The summed E-state index contributed by atoms with van der Waals surface area (Å²) in [4.78, 5) is 33.0. The Labute approximate surface area is 140 Å². The van der Waals surface area contributed by atoms with E-state index in [0.29, 0.717) is 18.7 Å². The van der Waals surface area contributed by atoms with Gasteiger partial charge in [0, 0.05) is 37.8 Å². The van der Waals surface area contributed by atoms with Gasteiger partial charge < -0.3 is 15.1 Å². The number of hydrogen-bond donors (Lipinski definition) is 1. The molecule has 2 aliphatic rings. The maximum atomic E-state index is 13.0. The average Bonchev–Trinajstić information content (AvgIpc) is 3.07. The molecule has 2 fully saturated rings. The number of benzene rings is 1. The topological polar surface area (TPSA) is 65.5 Å². The van der Waals surface area contributed by atoms with E-state index in [1.54, 1.807) is 12.3 Å². The minimum Gasteiger partial charge on any atom is -0.337 e. The fourth-order valence-electron chi connectivity index (χ4n) is 3.68. The number of nitrogens with one attached hydrogen (secondary N) is 1. The van der Waals surface area contributed by atoms with Crippen molar-refractivity contribution in [1.29, 1.82) is 0 Å². The molecule has 0 spiro atoms. The van der Waals surface area contributed by atoms with Gasteiger partial charge in [0.15, 0.2) is 0 Å². The summed E-state index contributed by atoms with van der Waals surface area (Å²) in [5.41, 5.74) is 1.52. The van der Waals surface area contributed by atoms with E-state index in [0.717, 1.165) is 36.8 Å². The molecule has 0 bridgehead atoms. The number of fused-ring (bicyclic) bond motifs is 1. The maximum Gasteiger partial charge on any atom is 0.317 e. The van der Waals surface area contributed by atoms with Crippen molar-refractivity contribution in [2.45, 2.75) is 18.9 Å². The molecule has 3 amide bonds. The second-order valence-corrected chi connectivity index (χ2v) is 6.35. The van der Waals surface area contributed by atoms with Crippen LogP contribution < -0.4 is 5.32 Å². The number of pyridine rings is 1. The van der Waals surface area contributed by atoms with Gasteiger partial charge >= 0.3 is 6.03 Å². The number of hydrogen-bond acceptors (Lipinski definition) is 3. The Morgan fingerprint density at radius 1 is 1.21 bits per heavy atom. The van der Waals surface area contributed by atoms with E-state index in [1.165, 1.54) is 0 Å². The SMILES string of the molecule is O=C(c1ccnc2ccccc12)N1CCCC(N2CCNC2=O)C1. The molecule has 1 atom stereocenters. The summed E-state index contributed by atoms with van der Waals surface area (Å²) >= 11 is 0. The summed E-state index contributed by atoms with van der Waals surface area (Å²) in [5.74, 6) is 0.0258. The molecule has 0 saturated carbocycles. The lowest BCUT2D eigenvalue weighted by Gasteiger charge is -2.37. The van der Waals surface area contributed by atoms with Crippen molar-refractivity contribution in [2.24, 2.45) is 0 Å². The molecule has 1 aromatic heterocycles. The first-order chi connectivity index (χ1) is 11.7. The van der Waals surface area contributed by atoms with Gasteiger partial charge in [-0.25, -0.2) is 4.79 Å². The van der Waals surface area contributed by atoms with Crippen LogP contribution >= 0.6 is 0 Å². The first-order valence-electron chi connectivity index (χ1n) is 8.41. The second-order valence-electron chi connectivity index (χ2n) is 6.35. The quantitative estimate of drug-likeness (QED) is 0.917. The van der Waals surface area contributed by atoms with Gasteiger partial charge in [-0.2, -0.15) is 0 Å². The molecule has 2 saturated heterocycles. The summed E-state index contributed by atoms with van der Waals surface area (Å²) in [6.07, 6.45) is 3.56. The summed E-state index contributed by atoms with van der Waals surface area (Å²) in [5, 5.41) is 3.72. The fourth-order valence-corrected chi connectivity index (χ4v) is 3.68. The maximum absolute atomic E-state index is 13.0. The Morgan fingerprint density at radius 2 is 2.08 bits per heavy atom. The monoisotopic (exact) mass is 324 g/mol. The van der Waals surface area contributed by atoms with Crippen LogP contribution in [0.25, 0.3) is 10.9 Å². The first-order valence-corrected chi connectivity index (χ1v) is 8.41. The standard InChI is InChI=1S/C18H20N4O2/c23-17(15-7-8-19-16-6-2-1-5-14(15)16)21-10-3-4-13(12-21)22-11-9-20-18(22)24/h1-2,5-8,13H,3-4,9-12H2,(H,20,24). The molecule has 4 rings (SSSR count). The zero-order valence-electron chi connectivity index (χ0n) is 13.4. The van der Waals surface area contributed by atoms with Crippen molar-refractivity contribution in [3.63, 3.8) is 0 Å². The predicted octanol–water partition coefficient (Wildman–Crippen LogP) is 1.86. The van der Waals surface area contributed by atoms with Gasteiger partial charge in [0.2, 0.25) is 0 Å². The van der Waals surface area contributed by atoms with Crippen LogP contribution in [-0.2, 0) is 0 Å². The lowest BCUT2D eigenvalue weighted by molar-refractivity contribution is 0.0636. The molecule has 124 valence electrons. The molecule has 1 unspecified atom stereocenters. The highest BCUT2D eigenvalue weighted by atomic mass is 16.2. The number of aromatic nitrogens is 1. The predicted molar refractivity (Wildman–Crippen MR) is 90.8 cm³/mol. The van der Waals surface area contributed by atoms with Crippen LogP contribution in [0.4, 0.5) is 4.79 Å². The van der Waals surface area contributed by atoms with Crippen molar-refractivity contribution in [3.8, 4) is 0 Å². The lowest BCUT2D eigenvalue weighted by atomic mass is 10.0. The third kappa shape index (κ3) is 2.58. The van der Waals surface area contributed by atoms with Gasteiger partial charge in [-0.1, -0.05) is 18.2 Å². The zero-order chi connectivity index (χ0) is 16.5. The van der Waals surface area contributed by atoms with E-state index in [9.17, 15) is 9.59 Å². The van der Waals surface area contributed by atoms with Crippen LogP contribution in [0.1, 0.15) is 23.2 Å². The van der Waals surface area contributed by atoms with Crippen molar-refractivity contribution in [3.05, 3.63) is 42.1 Å². The summed E-state index contributed by atoms with van der Waals surface area (Å²) in [6, 6.07) is 9.59. The smallest absolute Gasteiger partial charge is 0.317 e. The third-order valence-electron chi connectivity index (χ3n) is 4.89. The van der Waals surface area contributed by atoms with Crippen LogP contribution in [0, 0.1) is 0 Å². The normalized spacial score (nSPS) is 21.2. The van der Waals surface area contributed by atoms with Crippen molar-refractivity contribution >= 4 is 22.8 Å². The van der Waals surface area contributed by atoms with Crippen LogP contribution in [-0.4, -0.2) is 58.9 Å². The van der Waals surface area contributed by atoms with Gasteiger partial charge in [-0.3, -0.25) is 9.78 Å². The molecule has 0 radical (unpaired) electrons. The molecule has 6 nitrogen and oxygen atoms in total. The Bertz CT molecular complexity index is 786. The van der Waals surface area contributed by atoms with E-state index >= 15 is 0 Å². The lowest BCUT2D eigenvalue weighted by Crippen LogP contribution is -2.50. The highest BCUT2D eigenvalue weighted by Crippen LogP contribution is 2.22. The largest absolute Gasteiger partial charge is 0.337 e. The third-order valence-corrected chi connectivity index (χ3v) is 4.89. The molecule has 3 heterocycles. The van der Waals surface area contributed by atoms with Crippen LogP contribution in [0.5, 0.6) is 0 Å². The van der Waals surface area contributed by atoms with Crippen molar-refractivity contribution < 1.29 is 9.59 Å². The molecule has 0 aliphatic carbocycles. The number of carbonyl (C=O) groups excluding carboxylic acids is 2. The van der Waals surface area contributed by atoms with E-state index in [1.807, 2.05) is 34.1 Å². The number of amides is 3. The molecular weight excluding hydrogens is 304 g/mol. The Morgan fingerprint density at radius 3 is 2.92 bits per heavy atom. The van der Waals surface area contributed by atoms with Gasteiger partial charge in [0.1, 0.15) is 0 Å². The molecule has 1 N–H and O–H groups in total. The van der Waals surface area contributed by atoms with E-state index in [-0.39, 0.29) is 18.0 Å². The average molecular weight is 324 g/mol. The molecule has 24 heavy (non-hydrogen) atoms. The van der Waals surface area contributed by atoms with Gasteiger partial charge in [0.25, 0.3) is 5.91 Å². The number of urea groups is 1. The van der Waals surface area contributed by atoms with Crippen LogP contribution in [0.3, 0.4) is 0 Å². The van der Waals surface area contributed by atoms with Crippen LogP contribution in [0.15, 0.2) is 36.5 Å². The molecule has 2 aliphatic heterocycles. The van der Waals surface area contributed by atoms with Crippen LogP contribution in [0.2, 0.25) is 0 Å². The number of piperidine rings is 1. The van der Waals surface area contributed by atoms with Gasteiger partial charge in [-0.15, -0.1) is 0 Å². The van der Waals surface area contributed by atoms with Gasteiger partial charge in [-0.05, 0) is 25.0 Å². The summed E-state index contributed by atoms with van der Waals surface area (Å²) in [7, 11) is 0.